The average molecular weight is 268 g/mol. The molecule has 0 fully saturated rings. The average Bonchev–Trinajstić information content (AvgIpc) is 2.26. The normalized spacial score (nSPS) is 9.40. The lowest BCUT2D eigenvalue weighted by molar-refractivity contribution is 0.415. The summed E-state index contributed by atoms with van der Waals surface area (Å²) in [6.07, 6.45) is 6.95. The van der Waals surface area contributed by atoms with Gasteiger partial charge in [-0.15, -0.1) is 12.3 Å². The fourth-order valence-corrected chi connectivity index (χ4v) is 1.57. The summed E-state index contributed by atoms with van der Waals surface area (Å²) < 4.78 is 6.18. The summed E-state index contributed by atoms with van der Waals surface area (Å²) in [5.41, 5.74) is 1.03. The molecule has 3 heteroatoms. The Balaban J connectivity index is 2.56. The van der Waals surface area contributed by atoms with Crippen LogP contribution in [-0.2, 0) is 0 Å². The molecule has 0 aliphatic heterocycles. The van der Waals surface area contributed by atoms with Crippen LogP contribution in [0.15, 0.2) is 22.7 Å². The first-order valence-electron chi connectivity index (χ1n) is 4.79. The molecule has 0 saturated carbocycles. The van der Waals surface area contributed by atoms with Crippen molar-refractivity contribution >= 4 is 21.6 Å². The molecule has 2 nitrogen and oxygen atoms in total. The number of terminal acetylenes is 1. The zero-order chi connectivity index (χ0) is 11.1. The number of hydrogen-bond donors (Lipinski definition) is 1. The minimum absolute atomic E-state index is 0.800. The molecule has 0 aromatic heterocycles. The fourth-order valence-electron chi connectivity index (χ4n) is 1.18. The number of ether oxygens (including phenoxy) is 1. The molecule has 0 saturated heterocycles. The third kappa shape index (κ3) is 3.85. The molecule has 0 heterocycles. The minimum Gasteiger partial charge on any atom is -0.497 e. The fraction of sp³-hybridized carbons (Fsp3) is 0.333. The van der Waals surface area contributed by atoms with Crippen molar-refractivity contribution in [3.05, 3.63) is 22.7 Å². The highest BCUT2D eigenvalue weighted by Crippen LogP contribution is 2.26. The van der Waals surface area contributed by atoms with Gasteiger partial charge in [-0.3, -0.25) is 0 Å². The van der Waals surface area contributed by atoms with Gasteiger partial charge in [0.15, 0.2) is 0 Å². The molecule has 80 valence electrons. The van der Waals surface area contributed by atoms with Crippen LogP contribution in [0.3, 0.4) is 0 Å². The maximum atomic E-state index is 5.18. The maximum absolute atomic E-state index is 5.18. The van der Waals surface area contributed by atoms with Crippen molar-refractivity contribution in [2.45, 2.75) is 12.8 Å². The molecular weight excluding hydrogens is 254 g/mol. The first kappa shape index (κ1) is 11.9. The van der Waals surface area contributed by atoms with E-state index in [0.29, 0.717) is 0 Å². The number of anilines is 1. The lowest BCUT2D eigenvalue weighted by Gasteiger charge is -2.09. The largest absolute Gasteiger partial charge is 0.497 e. The quantitative estimate of drug-likeness (QED) is 0.653. The number of rotatable bonds is 5. The summed E-state index contributed by atoms with van der Waals surface area (Å²) in [7, 11) is 1.66. The van der Waals surface area contributed by atoms with Crippen molar-refractivity contribution < 1.29 is 4.74 Å². The van der Waals surface area contributed by atoms with Crippen LogP contribution in [0.25, 0.3) is 0 Å². The molecule has 0 aliphatic rings. The summed E-state index contributed by atoms with van der Waals surface area (Å²) in [5.74, 6) is 3.46. The van der Waals surface area contributed by atoms with Gasteiger partial charge in [0.05, 0.1) is 12.8 Å². The molecule has 1 aromatic rings. The first-order chi connectivity index (χ1) is 7.27. The topological polar surface area (TPSA) is 21.3 Å². The second-order valence-corrected chi connectivity index (χ2v) is 3.93. The van der Waals surface area contributed by atoms with E-state index in [4.69, 9.17) is 11.2 Å². The molecule has 0 unspecified atom stereocenters. The van der Waals surface area contributed by atoms with Crippen LogP contribution in [0.4, 0.5) is 5.69 Å². The molecule has 0 amide bonds. The summed E-state index contributed by atoms with van der Waals surface area (Å²) in [4.78, 5) is 0. The van der Waals surface area contributed by atoms with E-state index in [0.717, 1.165) is 35.3 Å². The van der Waals surface area contributed by atoms with Gasteiger partial charge >= 0.3 is 0 Å². The lowest BCUT2D eigenvalue weighted by atomic mass is 10.2. The van der Waals surface area contributed by atoms with Gasteiger partial charge in [-0.2, -0.15) is 0 Å². The van der Waals surface area contributed by atoms with E-state index in [9.17, 15) is 0 Å². The van der Waals surface area contributed by atoms with E-state index in [1.807, 2.05) is 18.2 Å². The van der Waals surface area contributed by atoms with E-state index >= 15 is 0 Å². The molecule has 1 N–H and O–H groups in total. The predicted molar refractivity (Wildman–Crippen MR) is 67.3 cm³/mol. The van der Waals surface area contributed by atoms with E-state index in [-0.39, 0.29) is 0 Å². The van der Waals surface area contributed by atoms with Crippen LogP contribution in [0.1, 0.15) is 12.8 Å². The third-order valence-electron chi connectivity index (χ3n) is 1.99. The second kappa shape index (κ2) is 6.36. The SMILES string of the molecule is C#CCCCNc1cc(OC)ccc1Br. The van der Waals surface area contributed by atoms with Gasteiger partial charge in [0.25, 0.3) is 0 Å². The highest BCUT2D eigenvalue weighted by Gasteiger charge is 2.00. The number of nitrogens with one attached hydrogen (secondary N) is 1. The number of methoxy groups -OCH3 is 1. The molecule has 0 atom stereocenters. The highest BCUT2D eigenvalue weighted by molar-refractivity contribution is 9.10. The van der Waals surface area contributed by atoms with Gasteiger partial charge in [-0.25, -0.2) is 0 Å². The summed E-state index contributed by atoms with van der Waals surface area (Å²) in [6.45, 7) is 0.871. The van der Waals surface area contributed by atoms with Gasteiger partial charge in [0, 0.05) is 23.5 Å². The zero-order valence-electron chi connectivity index (χ0n) is 8.72. The predicted octanol–water partition coefficient (Wildman–Crippen LogP) is 3.28. The van der Waals surface area contributed by atoms with E-state index in [1.165, 1.54) is 0 Å². The van der Waals surface area contributed by atoms with Crippen LogP contribution in [0, 0.1) is 12.3 Å². The maximum Gasteiger partial charge on any atom is 0.121 e. The highest BCUT2D eigenvalue weighted by atomic mass is 79.9. The Bertz CT molecular complexity index is 357. The van der Waals surface area contributed by atoms with Gasteiger partial charge in [-0.05, 0) is 34.5 Å². The van der Waals surface area contributed by atoms with E-state index < -0.39 is 0 Å². The van der Waals surface area contributed by atoms with Gasteiger partial charge in [-0.1, -0.05) is 0 Å². The molecule has 1 aromatic carbocycles. The number of unbranched alkanes of at least 4 members (excludes halogenated alkanes) is 1. The van der Waals surface area contributed by atoms with Crippen molar-refractivity contribution in [1.29, 1.82) is 0 Å². The van der Waals surface area contributed by atoms with Crippen LogP contribution in [0.5, 0.6) is 5.75 Å². The van der Waals surface area contributed by atoms with Gasteiger partial charge in [0.2, 0.25) is 0 Å². The molecule has 0 radical (unpaired) electrons. The Morgan fingerprint density at radius 2 is 2.33 bits per heavy atom. The van der Waals surface area contributed by atoms with Crippen molar-refractivity contribution in [1.82, 2.24) is 0 Å². The monoisotopic (exact) mass is 267 g/mol. The molecule has 1 rings (SSSR count). The van der Waals surface area contributed by atoms with E-state index in [1.54, 1.807) is 7.11 Å². The van der Waals surface area contributed by atoms with Crippen molar-refractivity contribution in [3.8, 4) is 18.1 Å². The Labute approximate surface area is 99.2 Å². The Morgan fingerprint density at radius 3 is 3.00 bits per heavy atom. The van der Waals surface area contributed by atoms with E-state index in [2.05, 4.69) is 27.2 Å². The standard InChI is InChI=1S/C12H14BrNO/c1-3-4-5-8-14-12-9-10(15-2)6-7-11(12)13/h1,6-7,9,14H,4-5,8H2,2H3. The minimum atomic E-state index is 0.800. The molecule has 0 spiro atoms. The first-order valence-corrected chi connectivity index (χ1v) is 5.58. The van der Waals surface area contributed by atoms with Crippen LogP contribution < -0.4 is 10.1 Å². The van der Waals surface area contributed by atoms with Crippen molar-refractivity contribution in [3.63, 3.8) is 0 Å². The Kier molecular flexibility index (Phi) is 5.06. The number of benzene rings is 1. The lowest BCUT2D eigenvalue weighted by Crippen LogP contribution is -2.01. The number of halogens is 1. The van der Waals surface area contributed by atoms with Crippen LogP contribution >= 0.6 is 15.9 Å². The van der Waals surface area contributed by atoms with Crippen LogP contribution in [0.2, 0.25) is 0 Å². The third-order valence-corrected chi connectivity index (χ3v) is 2.68. The Hall–Kier alpha value is -1.14. The Morgan fingerprint density at radius 1 is 1.53 bits per heavy atom. The van der Waals surface area contributed by atoms with Crippen molar-refractivity contribution in [2.75, 3.05) is 19.0 Å². The molecular formula is C12H14BrNO. The van der Waals surface area contributed by atoms with Crippen LogP contribution in [-0.4, -0.2) is 13.7 Å². The summed E-state index contributed by atoms with van der Waals surface area (Å²) in [6, 6.07) is 5.83. The summed E-state index contributed by atoms with van der Waals surface area (Å²) in [5, 5.41) is 3.30. The van der Waals surface area contributed by atoms with Gasteiger partial charge < -0.3 is 10.1 Å². The van der Waals surface area contributed by atoms with Gasteiger partial charge in [0.1, 0.15) is 5.75 Å². The number of hydrogen-bond acceptors (Lipinski definition) is 2. The smallest absolute Gasteiger partial charge is 0.121 e. The van der Waals surface area contributed by atoms with Crippen molar-refractivity contribution in [2.24, 2.45) is 0 Å². The summed E-state index contributed by atoms with van der Waals surface area (Å²) >= 11 is 3.47. The molecule has 15 heavy (non-hydrogen) atoms. The zero-order valence-corrected chi connectivity index (χ0v) is 10.3. The second-order valence-electron chi connectivity index (χ2n) is 3.08. The molecule has 0 aliphatic carbocycles. The molecule has 0 bridgehead atoms.